The highest BCUT2D eigenvalue weighted by Gasteiger charge is 2.18. The molecule has 0 amide bonds. The van der Waals surface area contributed by atoms with Crippen molar-refractivity contribution in [3.8, 4) is 17.6 Å². The van der Waals surface area contributed by atoms with Gasteiger partial charge in [0.15, 0.2) is 0 Å². The van der Waals surface area contributed by atoms with Gasteiger partial charge in [-0.05, 0) is 46.5 Å². The fourth-order valence-electron chi connectivity index (χ4n) is 3.55. The van der Waals surface area contributed by atoms with E-state index in [-0.39, 0.29) is 0 Å². The number of nitriles is 1. The van der Waals surface area contributed by atoms with Gasteiger partial charge >= 0.3 is 0 Å². The maximum atomic E-state index is 9.55. The minimum atomic E-state index is 0.416. The molecule has 4 heteroatoms. The SMILES string of the molecule is COc1ccc(COc2ccc(CN3Cc4ccccc4C3)cc2C#N)cc1. The summed E-state index contributed by atoms with van der Waals surface area (Å²) in [5.41, 5.74) is 5.51. The lowest BCUT2D eigenvalue weighted by atomic mass is 10.1. The summed E-state index contributed by atoms with van der Waals surface area (Å²) in [5.74, 6) is 1.43. The third kappa shape index (κ3) is 4.00. The van der Waals surface area contributed by atoms with E-state index in [0.717, 1.165) is 36.5 Å². The van der Waals surface area contributed by atoms with Crippen molar-refractivity contribution in [3.63, 3.8) is 0 Å². The Morgan fingerprint density at radius 3 is 2.25 bits per heavy atom. The van der Waals surface area contributed by atoms with E-state index >= 15 is 0 Å². The van der Waals surface area contributed by atoms with Gasteiger partial charge in [0, 0.05) is 19.6 Å². The molecule has 28 heavy (non-hydrogen) atoms. The predicted octanol–water partition coefficient (Wildman–Crippen LogP) is 4.66. The summed E-state index contributed by atoms with van der Waals surface area (Å²) in [5, 5.41) is 9.55. The third-order valence-corrected chi connectivity index (χ3v) is 5.03. The number of methoxy groups -OCH3 is 1. The van der Waals surface area contributed by atoms with E-state index in [0.29, 0.717) is 17.9 Å². The Morgan fingerprint density at radius 1 is 0.929 bits per heavy atom. The Labute approximate surface area is 165 Å². The number of benzene rings is 3. The van der Waals surface area contributed by atoms with Gasteiger partial charge in [0.1, 0.15) is 24.2 Å². The van der Waals surface area contributed by atoms with Crippen LogP contribution in [0.15, 0.2) is 66.7 Å². The Bertz CT molecular complexity index is 981. The van der Waals surface area contributed by atoms with E-state index in [4.69, 9.17) is 9.47 Å². The summed E-state index contributed by atoms with van der Waals surface area (Å²) in [6.45, 7) is 3.14. The number of ether oxygens (including phenoxy) is 2. The normalized spacial score (nSPS) is 13.0. The van der Waals surface area contributed by atoms with Crippen LogP contribution in [0.2, 0.25) is 0 Å². The van der Waals surface area contributed by atoms with Crippen molar-refractivity contribution in [2.24, 2.45) is 0 Å². The Balaban J connectivity index is 1.41. The van der Waals surface area contributed by atoms with Gasteiger partial charge in [0.25, 0.3) is 0 Å². The van der Waals surface area contributed by atoms with Gasteiger partial charge in [-0.25, -0.2) is 0 Å². The first kappa shape index (κ1) is 18.1. The molecule has 1 aliphatic rings. The van der Waals surface area contributed by atoms with Crippen LogP contribution in [-0.4, -0.2) is 12.0 Å². The second-order valence-electron chi connectivity index (χ2n) is 6.99. The van der Waals surface area contributed by atoms with Crippen LogP contribution in [0.3, 0.4) is 0 Å². The molecule has 0 saturated carbocycles. The smallest absolute Gasteiger partial charge is 0.137 e. The minimum absolute atomic E-state index is 0.416. The first-order valence-corrected chi connectivity index (χ1v) is 9.33. The topological polar surface area (TPSA) is 45.5 Å². The molecule has 3 aromatic rings. The molecule has 0 saturated heterocycles. The molecule has 1 aliphatic heterocycles. The van der Waals surface area contributed by atoms with E-state index in [9.17, 15) is 5.26 Å². The van der Waals surface area contributed by atoms with Crippen LogP contribution < -0.4 is 9.47 Å². The average Bonchev–Trinajstić information content (AvgIpc) is 3.15. The highest BCUT2D eigenvalue weighted by atomic mass is 16.5. The van der Waals surface area contributed by atoms with Gasteiger partial charge in [0.05, 0.1) is 12.7 Å². The second kappa shape index (κ2) is 8.16. The van der Waals surface area contributed by atoms with Gasteiger partial charge in [-0.2, -0.15) is 5.26 Å². The summed E-state index contributed by atoms with van der Waals surface area (Å²) >= 11 is 0. The van der Waals surface area contributed by atoms with Crippen LogP contribution in [0.4, 0.5) is 0 Å². The fraction of sp³-hybridized carbons (Fsp3) is 0.208. The van der Waals surface area contributed by atoms with E-state index in [1.54, 1.807) is 7.11 Å². The molecular formula is C24H22N2O2. The standard InChI is InChI=1S/C24H22N2O2/c1-27-23-9-6-18(7-10-23)17-28-24-11-8-19(12-22(24)13-25)14-26-15-20-4-2-3-5-21(20)16-26/h2-12H,14-17H2,1H3. The lowest BCUT2D eigenvalue weighted by Crippen LogP contribution is -2.15. The molecule has 0 spiro atoms. The molecule has 140 valence electrons. The molecule has 4 nitrogen and oxygen atoms in total. The van der Waals surface area contributed by atoms with Crippen molar-refractivity contribution < 1.29 is 9.47 Å². The number of hydrogen-bond donors (Lipinski definition) is 0. The van der Waals surface area contributed by atoms with Crippen molar-refractivity contribution in [1.82, 2.24) is 4.90 Å². The van der Waals surface area contributed by atoms with Crippen molar-refractivity contribution in [1.29, 1.82) is 5.26 Å². The Hall–Kier alpha value is -3.29. The molecule has 3 aromatic carbocycles. The molecule has 0 aromatic heterocycles. The van der Waals surface area contributed by atoms with Crippen LogP contribution in [0.1, 0.15) is 27.8 Å². The van der Waals surface area contributed by atoms with Crippen LogP contribution in [-0.2, 0) is 26.2 Å². The van der Waals surface area contributed by atoms with Gasteiger partial charge in [-0.1, -0.05) is 42.5 Å². The third-order valence-electron chi connectivity index (χ3n) is 5.03. The van der Waals surface area contributed by atoms with Gasteiger partial charge in [-0.3, -0.25) is 4.90 Å². The van der Waals surface area contributed by atoms with E-state index < -0.39 is 0 Å². The van der Waals surface area contributed by atoms with Crippen molar-refractivity contribution in [3.05, 3.63) is 94.5 Å². The van der Waals surface area contributed by atoms with Crippen LogP contribution >= 0.6 is 0 Å². The number of rotatable bonds is 6. The number of hydrogen-bond acceptors (Lipinski definition) is 4. The number of nitrogens with zero attached hydrogens (tertiary/aromatic N) is 2. The zero-order chi connectivity index (χ0) is 19.3. The highest BCUT2D eigenvalue weighted by Crippen LogP contribution is 2.26. The van der Waals surface area contributed by atoms with Gasteiger partial charge in [0.2, 0.25) is 0 Å². The van der Waals surface area contributed by atoms with Crippen molar-refractivity contribution >= 4 is 0 Å². The van der Waals surface area contributed by atoms with Crippen LogP contribution in [0.5, 0.6) is 11.5 Å². The molecule has 0 radical (unpaired) electrons. The Morgan fingerprint density at radius 2 is 1.61 bits per heavy atom. The van der Waals surface area contributed by atoms with E-state index in [2.05, 4.69) is 35.2 Å². The zero-order valence-corrected chi connectivity index (χ0v) is 15.9. The summed E-state index contributed by atoms with van der Waals surface area (Å²) < 4.78 is 11.1. The highest BCUT2D eigenvalue weighted by molar-refractivity contribution is 5.45. The lowest BCUT2D eigenvalue weighted by Gasteiger charge is -2.16. The maximum absolute atomic E-state index is 9.55. The summed E-state index contributed by atoms with van der Waals surface area (Å²) in [4.78, 5) is 2.39. The van der Waals surface area contributed by atoms with Crippen LogP contribution in [0.25, 0.3) is 0 Å². The average molecular weight is 370 g/mol. The predicted molar refractivity (Wildman–Crippen MR) is 108 cm³/mol. The molecule has 0 aliphatic carbocycles. The quantitative estimate of drug-likeness (QED) is 0.633. The summed E-state index contributed by atoms with van der Waals surface area (Å²) in [6.07, 6.45) is 0. The van der Waals surface area contributed by atoms with Crippen LogP contribution in [0, 0.1) is 11.3 Å². The van der Waals surface area contributed by atoms with E-state index in [1.165, 1.54) is 11.1 Å². The number of fused-ring (bicyclic) bond motifs is 1. The molecular weight excluding hydrogens is 348 g/mol. The van der Waals surface area contributed by atoms with Gasteiger partial charge in [-0.15, -0.1) is 0 Å². The molecule has 1 heterocycles. The largest absolute Gasteiger partial charge is 0.497 e. The molecule has 0 unspecified atom stereocenters. The van der Waals surface area contributed by atoms with Crippen molar-refractivity contribution in [2.45, 2.75) is 26.2 Å². The minimum Gasteiger partial charge on any atom is -0.497 e. The summed E-state index contributed by atoms with van der Waals surface area (Å²) in [7, 11) is 1.65. The molecule has 0 fully saturated rings. The van der Waals surface area contributed by atoms with Crippen molar-refractivity contribution in [2.75, 3.05) is 7.11 Å². The fourth-order valence-corrected chi connectivity index (χ4v) is 3.55. The molecule has 0 N–H and O–H groups in total. The zero-order valence-electron chi connectivity index (χ0n) is 15.9. The lowest BCUT2D eigenvalue weighted by molar-refractivity contribution is 0.275. The van der Waals surface area contributed by atoms with E-state index in [1.807, 2.05) is 42.5 Å². The summed E-state index contributed by atoms with van der Waals surface area (Å²) in [6, 6.07) is 24.4. The second-order valence-corrected chi connectivity index (χ2v) is 6.99. The molecule has 4 rings (SSSR count). The molecule has 0 atom stereocenters. The first-order valence-electron chi connectivity index (χ1n) is 9.33. The Kier molecular flexibility index (Phi) is 5.27. The monoisotopic (exact) mass is 370 g/mol. The first-order chi connectivity index (χ1) is 13.7. The maximum Gasteiger partial charge on any atom is 0.137 e. The van der Waals surface area contributed by atoms with Gasteiger partial charge < -0.3 is 9.47 Å². The molecule has 0 bridgehead atoms.